The van der Waals surface area contributed by atoms with E-state index in [1.54, 1.807) is 17.0 Å². The standard InChI is InChI=1S/C43H37FN2O3S/c1-31(2)39(42(48)49-30-33-16-7-3-8-17-33)46-40(47)38(41(46)50-29-15-18-32-25-27-37(44)28-26-32)45-43(34-19-9-4-10-20-34,35-21-11-5-12-22-35)36-23-13-6-14-24-36/h3-14,16-17,19-28,38,41,45H,29-30H2,1-2H3. The van der Waals surface area contributed by atoms with Gasteiger partial charge in [-0.05, 0) is 65.9 Å². The zero-order chi connectivity index (χ0) is 34.9. The first kappa shape index (κ1) is 34.4. The van der Waals surface area contributed by atoms with Crippen molar-refractivity contribution in [2.75, 3.05) is 5.75 Å². The fourth-order valence-corrected chi connectivity index (χ4v) is 7.25. The highest BCUT2D eigenvalue weighted by atomic mass is 32.2. The maximum atomic E-state index is 14.5. The first-order chi connectivity index (χ1) is 24.4. The van der Waals surface area contributed by atoms with Gasteiger partial charge in [0.15, 0.2) is 0 Å². The molecule has 50 heavy (non-hydrogen) atoms. The lowest BCUT2D eigenvalue weighted by Crippen LogP contribution is -2.72. The van der Waals surface area contributed by atoms with Crippen molar-refractivity contribution in [3.05, 3.63) is 190 Å². The molecule has 0 bridgehead atoms. The number of thioether (sulfide) groups is 1. The lowest BCUT2D eigenvalue weighted by atomic mass is 9.76. The van der Waals surface area contributed by atoms with E-state index in [1.807, 2.05) is 98.8 Å². The number of likely N-dealkylation sites (tertiary alicyclic amines) is 1. The van der Waals surface area contributed by atoms with E-state index in [0.29, 0.717) is 16.9 Å². The van der Waals surface area contributed by atoms with Crippen LogP contribution in [0.25, 0.3) is 0 Å². The molecule has 0 aromatic heterocycles. The number of allylic oxidation sites excluding steroid dienone is 1. The van der Waals surface area contributed by atoms with Crippen LogP contribution in [-0.2, 0) is 26.5 Å². The van der Waals surface area contributed by atoms with Crippen LogP contribution in [0, 0.1) is 17.7 Å². The molecule has 5 aromatic carbocycles. The van der Waals surface area contributed by atoms with Crippen LogP contribution in [0.4, 0.5) is 4.39 Å². The molecule has 1 amide bonds. The van der Waals surface area contributed by atoms with Crippen molar-refractivity contribution in [3.63, 3.8) is 0 Å². The molecule has 1 saturated heterocycles. The third kappa shape index (κ3) is 7.42. The predicted molar refractivity (Wildman–Crippen MR) is 197 cm³/mol. The van der Waals surface area contributed by atoms with E-state index in [1.165, 1.54) is 23.9 Å². The highest BCUT2D eigenvalue weighted by Gasteiger charge is 2.54. The Balaban J connectivity index is 1.38. The summed E-state index contributed by atoms with van der Waals surface area (Å²) < 4.78 is 19.2. The van der Waals surface area contributed by atoms with Crippen LogP contribution in [-0.4, -0.2) is 33.9 Å². The van der Waals surface area contributed by atoms with E-state index in [0.717, 1.165) is 22.3 Å². The van der Waals surface area contributed by atoms with Gasteiger partial charge in [-0.3, -0.25) is 15.0 Å². The number of β-lactam (4-membered cyclic amide) rings is 1. The number of benzene rings is 5. The summed E-state index contributed by atoms with van der Waals surface area (Å²) in [5.41, 5.74) is 4.41. The van der Waals surface area contributed by atoms with Gasteiger partial charge < -0.3 is 4.74 Å². The summed E-state index contributed by atoms with van der Waals surface area (Å²) >= 11 is 1.46. The van der Waals surface area contributed by atoms with E-state index in [9.17, 15) is 14.0 Å². The second-order valence-corrected chi connectivity index (χ2v) is 13.2. The summed E-state index contributed by atoms with van der Waals surface area (Å²) in [5, 5.41) is 3.32. The first-order valence-corrected chi connectivity index (χ1v) is 17.5. The summed E-state index contributed by atoms with van der Waals surface area (Å²) in [6, 6.07) is 45.0. The van der Waals surface area contributed by atoms with Crippen LogP contribution < -0.4 is 5.32 Å². The average molecular weight is 681 g/mol. The number of halogens is 1. The SMILES string of the molecule is CC(C)=C(C(=O)OCc1ccccc1)N1C(=O)C(NC(c2ccccc2)(c2ccccc2)c2ccccc2)C1SCC#Cc1ccc(F)cc1. The number of hydrogen-bond acceptors (Lipinski definition) is 5. The summed E-state index contributed by atoms with van der Waals surface area (Å²) in [6.45, 7) is 3.71. The number of nitrogens with one attached hydrogen (secondary N) is 1. The van der Waals surface area contributed by atoms with Gasteiger partial charge in [0.25, 0.3) is 0 Å². The molecule has 6 rings (SSSR count). The Bertz CT molecular complexity index is 1910. The molecule has 2 atom stereocenters. The molecule has 0 spiro atoms. The van der Waals surface area contributed by atoms with Gasteiger partial charge in [0.1, 0.15) is 29.5 Å². The molecule has 250 valence electrons. The number of carbonyl (C=O) groups excluding carboxylic acids is 2. The topological polar surface area (TPSA) is 58.6 Å². The molecule has 1 aliphatic heterocycles. The number of ether oxygens (including phenoxy) is 1. The normalized spacial score (nSPS) is 15.3. The predicted octanol–water partition coefficient (Wildman–Crippen LogP) is 8.07. The maximum Gasteiger partial charge on any atom is 0.355 e. The first-order valence-electron chi connectivity index (χ1n) is 16.4. The van der Waals surface area contributed by atoms with Crippen molar-refractivity contribution in [2.45, 2.75) is 37.4 Å². The zero-order valence-corrected chi connectivity index (χ0v) is 28.7. The lowest BCUT2D eigenvalue weighted by Gasteiger charge is -2.51. The number of esters is 1. The Hall–Kier alpha value is -5.42. The summed E-state index contributed by atoms with van der Waals surface area (Å²) in [4.78, 5) is 29.8. The number of amides is 1. The third-order valence-corrected chi connectivity index (χ3v) is 9.69. The van der Waals surface area contributed by atoms with Crippen molar-refractivity contribution in [1.29, 1.82) is 0 Å². The molecule has 1 heterocycles. The van der Waals surface area contributed by atoms with Gasteiger partial charge in [0.2, 0.25) is 5.91 Å². The molecular weight excluding hydrogens is 644 g/mol. The fourth-order valence-electron chi connectivity index (χ4n) is 6.19. The van der Waals surface area contributed by atoms with Gasteiger partial charge in [0, 0.05) is 5.56 Å². The molecule has 1 fully saturated rings. The summed E-state index contributed by atoms with van der Waals surface area (Å²) in [7, 11) is 0. The minimum absolute atomic E-state index is 0.0836. The Morgan fingerprint density at radius 3 is 1.78 bits per heavy atom. The highest BCUT2D eigenvalue weighted by Crippen LogP contribution is 2.42. The van der Waals surface area contributed by atoms with Gasteiger partial charge in [-0.25, -0.2) is 9.18 Å². The second-order valence-electron chi connectivity index (χ2n) is 12.1. The third-order valence-electron chi connectivity index (χ3n) is 8.56. The van der Waals surface area contributed by atoms with Gasteiger partial charge in [-0.1, -0.05) is 133 Å². The van der Waals surface area contributed by atoms with Crippen molar-refractivity contribution in [2.24, 2.45) is 0 Å². The Morgan fingerprint density at radius 2 is 1.28 bits per heavy atom. The van der Waals surface area contributed by atoms with Crippen molar-refractivity contribution >= 4 is 23.6 Å². The van der Waals surface area contributed by atoms with E-state index in [4.69, 9.17) is 4.74 Å². The van der Waals surface area contributed by atoms with Crippen LogP contribution in [0.15, 0.2) is 157 Å². The molecule has 5 nitrogen and oxygen atoms in total. The smallest absolute Gasteiger partial charge is 0.355 e. The van der Waals surface area contributed by atoms with E-state index < -0.39 is 22.9 Å². The quantitative estimate of drug-likeness (QED) is 0.0503. The fraction of sp³-hybridized carbons (Fsp3) is 0.163. The average Bonchev–Trinajstić information content (AvgIpc) is 3.16. The Morgan fingerprint density at radius 1 is 0.780 bits per heavy atom. The van der Waals surface area contributed by atoms with Crippen molar-refractivity contribution in [3.8, 4) is 11.8 Å². The van der Waals surface area contributed by atoms with Crippen molar-refractivity contribution < 1.29 is 18.7 Å². The maximum absolute atomic E-state index is 14.5. The summed E-state index contributed by atoms with van der Waals surface area (Å²) in [6.07, 6.45) is 0. The number of nitrogens with zero attached hydrogens (tertiary/aromatic N) is 1. The molecular formula is C43H37FN2O3S. The van der Waals surface area contributed by atoms with E-state index >= 15 is 0 Å². The minimum Gasteiger partial charge on any atom is -0.456 e. The monoisotopic (exact) mass is 680 g/mol. The van der Waals surface area contributed by atoms with E-state index in [-0.39, 0.29) is 24.0 Å². The largest absolute Gasteiger partial charge is 0.456 e. The molecule has 1 N–H and O–H groups in total. The Kier molecular flexibility index (Phi) is 10.9. The van der Waals surface area contributed by atoms with Gasteiger partial charge in [0.05, 0.1) is 11.3 Å². The minimum atomic E-state index is -0.909. The molecule has 5 aromatic rings. The van der Waals surface area contributed by atoms with Gasteiger partial charge in [-0.15, -0.1) is 11.8 Å². The molecule has 0 saturated carbocycles. The summed E-state index contributed by atoms with van der Waals surface area (Å²) in [5.74, 6) is 5.48. The molecule has 1 aliphatic rings. The second kappa shape index (κ2) is 15.9. The number of hydrogen-bond donors (Lipinski definition) is 1. The Labute approximate surface area is 297 Å². The number of carbonyl (C=O) groups is 2. The highest BCUT2D eigenvalue weighted by molar-refractivity contribution is 8.00. The van der Waals surface area contributed by atoms with Crippen molar-refractivity contribution in [1.82, 2.24) is 10.2 Å². The van der Waals surface area contributed by atoms with E-state index in [2.05, 4.69) is 53.6 Å². The molecule has 0 radical (unpaired) electrons. The van der Waals surface area contributed by atoms with Crippen LogP contribution in [0.2, 0.25) is 0 Å². The van der Waals surface area contributed by atoms with Gasteiger partial charge >= 0.3 is 5.97 Å². The molecule has 2 unspecified atom stereocenters. The zero-order valence-electron chi connectivity index (χ0n) is 27.9. The lowest BCUT2D eigenvalue weighted by molar-refractivity contribution is -0.152. The van der Waals surface area contributed by atoms with Crippen LogP contribution >= 0.6 is 11.8 Å². The number of rotatable bonds is 11. The van der Waals surface area contributed by atoms with Gasteiger partial charge in [-0.2, -0.15) is 0 Å². The van der Waals surface area contributed by atoms with Crippen LogP contribution in [0.5, 0.6) is 0 Å². The molecule has 7 heteroatoms. The van der Waals surface area contributed by atoms with Crippen LogP contribution in [0.3, 0.4) is 0 Å². The molecule has 0 aliphatic carbocycles. The van der Waals surface area contributed by atoms with Crippen LogP contribution in [0.1, 0.15) is 41.7 Å².